The highest BCUT2D eigenvalue weighted by Gasteiger charge is 2.48. The molecule has 1 aliphatic heterocycles. The fourth-order valence-corrected chi connectivity index (χ4v) is 7.63. The first-order valence-electron chi connectivity index (χ1n) is 11.9. The Balaban J connectivity index is 1.53. The lowest BCUT2D eigenvalue weighted by Crippen LogP contribution is -2.45. The van der Waals surface area contributed by atoms with Crippen LogP contribution in [-0.4, -0.2) is 48.4 Å². The smallest absolute Gasteiger partial charge is 0.219 e. The van der Waals surface area contributed by atoms with E-state index in [9.17, 15) is 4.79 Å². The summed E-state index contributed by atoms with van der Waals surface area (Å²) < 4.78 is 0. The molecule has 0 aromatic rings. The second-order valence-electron chi connectivity index (χ2n) is 11.0. The number of hydrogen-bond donors (Lipinski definition) is 0. The number of amides is 1. The summed E-state index contributed by atoms with van der Waals surface area (Å²) in [5.41, 5.74) is 2.21. The number of carbonyl (C=O) groups is 1. The van der Waals surface area contributed by atoms with Crippen molar-refractivity contribution in [3.05, 3.63) is 11.6 Å². The molecule has 0 bridgehead atoms. The molecule has 28 heavy (non-hydrogen) atoms. The fraction of sp³-hybridized carbons (Fsp3) is 0.880. The van der Waals surface area contributed by atoms with Gasteiger partial charge in [-0.15, -0.1) is 0 Å². The highest BCUT2D eigenvalue weighted by Crippen LogP contribution is 2.56. The molecule has 158 valence electrons. The van der Waals surface area contributed by atoms with E-state index in [1.807, 2.05) is 0 Å². The SMILES string of the molecule is CC(=O)N1CC2CCC3C(CC=C4C[C@@H](N(C)C)CC[C@@]43C)CCC[C@@H]2[C@@H]1C. The minimum absolute atomic E-state index is 0.284. The van der Waals surface area contributed by atoms with Gasteiger partial charge in [-0.1, -0.05) is 25.0 Å². The second-order valence-corrected chi connectivity index (χ2v) is 11.0. The van der Waals surface area contributed by atoms with Crippen LogP contribution in [0.3, 0.4) is 0 Å². The lowest BCUT2D eigenvalue weighted by Gasteiger charge is -2.52. The molecule has 1 saturated heterocycles. The summed E-state index contributed by atoms with van der Waals surface area (Å²) in [6.07, 6.45) is 14.8. The molecule has 2 saturated carbocycles. The van der Waals surface area contributed by atoms with Gasteiger partial charge < -0.3 is 9.80 Å². The van der Waals surface area contributed by atoms with Crippen LogP contribution in [0.15, 0.2) is 11.6 Å². The molecule has 0 spiro atoms. The van der Waals surface area contributed by atoms with Crippen molar-refractivity contribution in [3.63, 3.8) is 0 Å². The van der Waals surface area contributed by atoms with E-state index in [0.717, 1.165) is 36.3 Å². The van der Waals surface area contributed by atoms with Gasteiger partial charge in [-0.2, -0.15) is 0 Å². The van der Waals surface area contributed by atoms with E-state index < -0.39 is 0 Å². The zero-order chi connectivity index (χ0) is 20.1. The van der Waals surface area contributed by atoms with Crippen LogP contribution in [0.5, 0.6) is 0 Å². The number of carbonyl (C=O) groups excluding carboxylic acids is 1. The van der Waals surface area contributed by atoms with E-state index in [2.05, 4.69) is 43.8 Å². The van der Waals surface area contributed by atoms with Gasteiger partial charge in [-0.05, 0) is 101 Å². The van der Waals surface area contributed by atoms with Gasteiger partial charge in [0.05, 0.1) is 0 Å². The average Bonchev–Trinajstić information content (AvgIpc) is 2.99. The highest BCUT2D eigenvalue weighted by atomic mass is 16.2. The Hall–Kier alpha value is -0.830. The summed E-state index contributed by atoms with van der Waals surface area (Å²) in [6, 6.07) is 1.18. The van der Waals surface area contributed by atoms with E-state index in [1.165, 1.54) is 57.8 Å². The van der Waals surface area contributed by atoms with Gasteiger partial charge in [0.15, 0.2) is 0 Å². The zero-order valence-electron chi connectivity index (χ0n) is 18.9. The third-order valence-electron chi connectivity index (χ3n) is 9.48. The second kappa shape index (κ2) is 7.78. The Labute approximate surface area is 172 Å². The molecule has 3 unspecified atom stereocenters. The molecule has 0 radical (unpaired) electrons. The minimum Gasteiger partial charge on any atom is -0.340 e. The first kappa shape index (κ1) is 20.4. The van der Waals surface area contributed by atoms with Gasteiger partial charge >= 0.3 is 0 Å². The summed E-state index contributed by atoms with van der Waals surface area (Å²) >= 11 is 0. The highest BCUT2D eigenvalue weighted by molar-refractivity contribution is 5.74. The lowest BCUT2D eigenvalue weighted by molar-refractivity contribution is -0.129. The summed E-state index contributed by atoms with van der Waals surface area (Å²) in [4.78, 5) is 16.7. The quantitative estimate of drug-likeness (QED) is 0.584. The molecular formula is C25H42N2O. The molecule has 4 aliphatic rings. The van der Waals surface area contributed by atoms with Crippen molar-refractivity contribution in [1.82, 2.24) is 9.80 Å². The third kappa shape index (κ3) is 3.46. The van der Waals surface area contributed by atoms with Crippen molar-refractivity contribution in [3.8, 4) is 0 Å². The normalized spacial score (nSPS) is 43.9. The van der Waals surface area contributed by atoms with Crippen LogP contribution < -0.4 is 0 Å². The van der Waals surface area contributed by atoms with Crippen molar-refractivity contribution >= 4 is 5.91 Å². The maximum absolute atomic E-state index is 12.1. The van der Waals surface area contributed by atoms with Crippen molar-refractivity contribution in [2.24, 2.45) is 29.1 Å². The van der Waals surface area contributed by atoms with Gasteiger partial charge in [0.1, 0.15) is 0 Å². The monoisotopic (exact) mass is 386 g/mol. The molecule has 3 aliphatic carbocycles. The molecule has 1 amide bonds. The molecule has 3 nitrogen and oxygen atoms in total. The van der Waals surface area contributed by atoms with Gasteiger partial charge in [0, 0.05) is 25.6 Å². The van der Waals surface area contributed by atoms with Gasteiger partial charge in [0.25, 0.3) is 0 Å². The van der Waals surface area contributed by atoms with E-state index in [1.54, 1.807) is 12.5 Å². The molecule has 0 aromatic heterocycles. The Morgan fingerprint density at radius 1 is 1.14 bits per heavy atom. The van der Waals surface area contributed by atoms with Crippen molar-refractivity contribution in [1.29, 1.82) is 0 Å². The minimum atomic E-state index is 0.284. The maximum atomic E-state index is 12.1. The number of rotatable bonds is 1. The van der Waals surface area contributed by atoms with Crippen molar-refractivity contribution < 1.29 is 4.79 Å². The van der Waals surface area contributed by atoms with Gasteiger partial charge in [-0.25, -0.2) is 0 Å². The van der Waals surface area contributed by atoms with E-state index in [4.69, 9.17) is 0 Å². The number of fused-ring (bicyclic) bond motifs is 4. The van der Waals surface area contributed by atoms with Crippen LogP contribution in [0.4, 0.5) is 0 Å². The van der Waals surface area contributed by atoms with Gasteiger partial charge in [0.2, 0.25) is 5.91 Å². The van der Waals surface area contributed by atoms with Crippen LogP contribution in [0.1, 0.15) is 78.6 Å². The molecule has 4 rings (SSSR count). The summed E-state index contributed by atoms with van der Waals surface area (Å²) in [7, 11) is 4.50. The Morgan fingerprint density at radius 3 is 2.64 bits per heavy atom. The van der Waals surface area contributed by atoms with E-state index >= 15 is 0 Å². The Morgan fingerprint density at radius 2 is 1.93 bits per heavy atom. The van der Waals surface area contributed by atoms with Crippen molar-refractivity contribution in [2.45, 2.75) is 90.6 Å². The van der Waals surface area contributed by atoms with Crippen LogP contribution in [0, 0.1) is 29.1 Å². The molecule has 0 N–H and O–H groups in total. The fourth-order valence-electron chi connectivity index (χ4n) is 7.63. The molecule has 7 atom stereocenters. The topological polar surface area (TPSA) is 23.6 Å². The summed E-state index contributed by atoms with van der Waals surface area (Å²) in [5, 5.41) is 0. The first-order valence-corrected chi connectivity index (χ1v) is 11.9. The first-order chi connectivity index (χ1) is 13.3. The van der Waals surface area contributed by atoms with E-state index in [0.29, 0.717) is 11.5 Å². The zero-order valence-corrected chi connectivity index (χ0v) is 18.9. The number of allylic oxidation sites excluding steroid dienone is 1. The Kier molecular flexibility index (Phi) is 5.68. The molecule has 1 heterocycles. The standard InChI is InChI=1S/C25H42N2O/c1-17-23-8-6-7-19-9-11-21-15-22(26(4)5)13-14-25(21,3)24(19)12-10-20(23)16-27(17)18(2)28/h11,17,19-20,22-24H,6-10,12-16H2,1-5H3/t17-,19?,20?,22-,23+,24?,25-/m0/s1. The van der Waals surface area contributed by atoms with Crippen LogP contribution in [0.25, 0.3) is 0 Å². The summed E-state index contributed by atoms with van der Waals surface area (Å²) in [6.45, 7) is 7.69. The molecule has 3 fully saturated rings. The van der Waals surface area contributed by atoms with Crippen molar-refractivity contribution in [2.75, 3.05) is 20.6 Å². The molecule has 3 heteroatoms. The van der Waals surface area contributed by atoms with Crippen LogP contribution in [-0.2, 0) is 4.79 Å². The van der Waals surface area contributed by atoms with Gasteiger partial charge in [-0.3, -0.25) is 4.79 Å². The largest absolute Gasteiger partial charge is 0.340 e. The van der Waals surface area contributed by atoms with E-state index in [-0.39, 0.29) is 5.91 Å². The lowest BCUT2D eigenvalue weighted by atomic mass is 9.54. The average molecular weight is 387 g/mol. The third-order valence-corrected chi connectivity index (χ3v) is 9.48. The molecular weight excluding hydrogens is 344 g/mol. The van der Waals surface area contributed by atoms with Crippen LogP contribution in [0.2, 0.25) is 0 Å². The number of nitrogens with zero attached hydrogens (tertiary/aromatic N) is 2. The summed E-state index contributed by atoms with van der Waals surface area (Å²) in [5.74, 6) is 3.49. The maximum Gasteiger partial charge on any atom is 0.219 e. The predicted molar refractivity (Wildman–Crippen MR) is 116 cm³/mol. The Bertz CT molecular complexity index is 626. The predicted octanol–water partition coefficient (Wildman–Crippen LogP) is 5.12. The van der Waals surface area contributed by atoms with Crippen LogP contribution >= 0.6 is 0 Å². The molecule has 0 aromatic carbocycles. The number of likely N-dealkylation sites (tertiary alicyclic amines) is 1. The number of hydrogen-bond acceptors (Lipinski definition) is 2.